The Labute approximate surface area is 206 Å². The fourth-order valence-corrected chi connectivity index (χ4v) is 3.34. The number of pyridine rings is 2. The summed E-state index contributed by atoms with van der Waals surface area (Å²) in [5.74, 6) is -0.0429. The maximum absolute atomic E-state index is 14.5. The number of rotatable bonds is 12. The molecule has 0 spiro atoms. The number of aliphatic hydroxyl groups excluding tert-OH is 1. The van der Waals surface area contributed by atoms with Crippen LogP contribution in [0.3, 0.4) is 0 Å². The van der Waals surface area contributed by atoms with Crippen molar-refractivity contribution in [3.8, 4) is 0 Å². The number of amides is 1. The van der Waals surface area contributed by atoms with Crippen molar-refractivity contribution >= 4 is 11.7 Å². The van der Waals surface area contributed by atoms with Crippen LogP contribution in [0, 0.1) is 6.92 Å². The highest BCUT2D eigenvalue weighted by molar-refractivity contribution is 5.90. The minimum Gasteiger partial charge on any atom is -0.373 e. The summed E-state index contributed by atoms with van der Waals surface area (Å²) in [6.07, 6.45) is 4.42. The van der Waals surface area contributed by atoms with Gasteiger partial charge in [-0.25, -0.2) is 9.07 Å². The van der Waals surface area contributed by atoms with Crippen LogP contribution in [0.25, 0.3) is 0 Å². The highest BCUT2D eigenvalue weighted by Crippen LogP contribution is 2.10. The third-order valence-electron chi connectivity index (χ3n) is 5.24. The van der Waals surface area contributed by atoms with E-state index in [9.17, 15) is 14.3 Å². The Morgan fingerprint density at radius 3 is 2.75 bits per heavy atom. The van der Waals surface area contributed by atoms with E-state index in [-0.39, 0.29) is 37.7 Å². The van der Waals surface area contributed by atoms with Gasteiger partial charge in [0.2, 0.25) is 5.91 Å². The van der Waals surface area contributed by atoms with E-state index in [2.05, 4.69) is 41.2 Å². The average molecular weight is 495 g/mol. The molecule has 4 heterocycles. The number of carbonyl (C=O) groups is 1. The van der Waals surface area contributed by atoms with Gasteiger partial charge in [-0.1, -0.05) is 22.6 Å². The van der Waals surface area contributed by atoms with Crippen molar-refractivity contribution < 1.29 is 14.3 Å². The Morgan fingerprint density at radius 1 is 1.11 bits per heavy atom. The first kappa shape index (κ1) is 25.0. The molecule has 0 radical (unpaired) electrons. The van der Waals surface area contributed by atoms with E-state index in [4.69, 9.17) is 0 Å². The molecule has 0 aliphatic rings. The van der Waals surface area contributed by atoms with Gasteiger partial charge in [-0.05, 0) is 30.7 Å². The molecule has 0 bridgehead atoms. The normalized spacial score (nSPS) is 12.9. The Morgan fingerprint density at radius 2 is 1.97 bits per heavy atom. The van der Waals surface area contributed by atoms with E-state index in [0.717, 1.165) is 11.3 Å². The van der Waals surface area contributed by atoms with Gasteiger partial charge in [0.15, 0.2) is 12.0 Å². The molecule has 4 aromatic heterocycles. The van der Waals surface area contributed by atoms with Crippen LogP contribution in [0.2, 0.25) is 0 Å². The SMILES string of the molecule is Cc1ccc(CNC(O)c2cn(CCC(F)Cn3cc(NC(=O)Cc4ccccn4)nn3)nn2)cn1. The summed E-state index contributed by atoms with van der Waals surface area (Å²) in [6.45, 7) is 2.56. The molecule has 0 saturated heterocycles. The Balaban J connectivity index is 1.19. The summed E-state index contributed by atoms with van der Waals surface area (Å²) in [5, 5.41) is 31.5. The summed E-state index contributed by atoms with van der Waals surface area (Å²) < 4.78 is 17.3. The van der Waals surface area contributed by atoms with Crippen LogP contribution in [0.15, 0.2) is 55.1 Å². The van der Waals surface area contributed by atoms with E-state index in [1.807, 2.05) is 19.1 Å². The number of aryl methyl sites for hydroxylation is 2. The lowest BCUT2D eigenvalue weighted by Gasteiger charge is -2.10. The van der Waals surface area contributed by atoms with E-state index in [1.165, 1.54) is 15.6 Å². The maximum Gasteiger partial charge on any atom is 0.231 e. The second-order valence-corrected chi connectivity index (χ2v) is 8.26. The highest BCUT2D eigenvalue weighted by Gasteiger charge is 2.15. The summed E-state index contributed by atoms with van der Waals surface area (Å²) in [4.78, 5) is 20.4. The lowest BCUT2D eigenvalue weighted by molar-refractivity contribution is -0.115. The largest absolute Gasteiger partial charge is 0.373 e. The number of hydrogen-bond donors (Lipinski definition) is 3. The first-order valence-corrected chi connectivity index (χ1v) is 11.4. The van der Waals surface area contributed by atoms with Crippen molar-refractivity contribution in [3.05, 3.63) is 77.8 Å². The molecule has 4 aromatic rings. The topological polar surface area (TPSA) is 149 Å². The van der Waals surface area contributed by atoms with Crippen LogP contribution in [0.5, 0.6) is 0 Å². The average Bonchev–Trinajstić information content (AvgIpc) is 3.52. The van der Waals surface area contributed by atoms with Crippen LogP contribution >= 0.6 is 0 Å². The van der Waals surface area contributed by atoms with Gasteiger partial charge in [-0.15, -0.1) is 10.2 Å². The Bertz CT molecular complexity index is 1250. The predicted molar refractivity (Wildman–Crippen MR) is 127 cm³/mol. The zero-order chi connectivity index (χ0) is 25.3. The highest BCUT2D eigenvalue weighted by atomic mass is 19.1. The molecule has 1 amide bonds. The van der Waals surface area contributed by atoms with Gasteiger partial charge < -0.3 is 10.4 Å². The first-order chi connectivity index (χ1) is 17.4. The number of anilines is 1. The molecule has 2 atom stereocenters. The fourth-order valence-electron chi connectivity index (χ4n) is 3.34. The number of halogens is 1. The minimum absolute atomic E-state index is 0.0283. The van der Waals surface area contributed by atoms with Crippen molar-refractivity contribution in [2.75, 3.05) is 5.32 Å². The zero-order valence-electron chi connectivity index (χ0n) is 19.7. The molecular formula is C23H27FN10O2. The predicted octanol–water partition coefficient (Wildman–Crippen LogP) is 1.36. The lowest BCUT2D eigenvalue weighted by Crippen LogP contribution is -2.20. The van der Waals surface area contributed by atoms with Crippen molar-refractivity contribution in [3.63, 3.8) is 0 Å². The van der Waals surface area contributed by atoms with E-state index in [1.54, 1.807) is 36.8 Å². The molecule has 13 heteroatoms. The van der Waals surface area contributed by atoms with Crippen molar-refractivity contribution in [1.82, 2.24) is 45.3 Å². The molecule has 36 heavy (non-hydrogen) atoms. The van der Waals surface area contributed by atoms with E-state index in [0.29, 0.717) is 17.9 Å². The molecular weight excluding hydrogens is 467 g/mol. The van der Waals surface area contributed by atoms with Crippen molar-refractivity contribution in [2.45, 2.75) is 51.8 Å². The smallest absolute Gasteiger partial charge is 0.231 e. The van der Waals surface area contributed by atoms with E-state index >= 15 is 0 Å². The molecule has 4 rings (SSSR count). The van der Waals surface area contributed by atoms with Crippen LogP contribution in [-0.4, -0.2) is 57.1 Å². The number of alkyl halides is 1. The number of hydrogen-bond acceptors (Lipinski definition) is 9. The van der Waals surface area contributed by atoms with Gasteiger partial charge in [0, 0.05) is 43.3 Å². The molecule has 0 aliphatic carbocycles. The quantitative estimate of drug-likeness (QED) is 0.248. The second kappa shape index (κ2) is 12.0. The summed E-state index contributed by atoms with van der Waals surface area (Å²) >= 11 is 0. The second-order valence-electron chi connectivity index (χ2n) is 8.26. The third kappa shape index (κ3) is 7.45. The fraction of sp³-hybridized carbons (Fsp3) is 0.348. The molecule has 0 aliphatic heterocycles. The van der Waals surface area contributed by atoms with Crippen molar-refractivity contribution in [2.24, 2.45) is 0 Å². The standard InChI is InChI=1S/C23H27FN10O2/c1-16-5-6-17(11-26-16)12-27-23(36)20-14-33(31-29-20)9-7-18(24)13-34-15-21(30-32-34)28-22(35)10-19-4-2-3-8-25-19/h2-6,8,11,14-15,18,23,27,36H,7,9-10,12-13H2,1H3,(H,28,35). The summed E-state index contributed by atoms with van der Waals surface area (Å²) in [6, 6.07) is 9.15. The number of nitrogens with one attached hydrogen (secondary N) is 2. The zero-order valence-corrected chi connectivity index (χ0v) is 19.7. The number of aromatic nitrogens is 8. The first-order valence-electron chi connectivity index (χ1n) is 11.4. The maximum atomic E-state index is 14.5. The molecule has 12 nitrogen and oxygen atoms in total. The van der Waals surface area contributed by atoms with Crippen LogP contribution in [-0.2, 0) is 30.8 Å². The monoisotopic (exact) mass is 494 g/mol. The lowest BCUT2D eigenvalue weighted by atomic mass is 10.2. The molecule has 188 valence electrons. The Kier molecular flexibility index (Phi) is 8.36. The molecule has 2 unspecified atom stereocenters. The number of aliphatic hydroxyl groups is 1. The summed E-state index contributed by atoms with van der Waals surface area (Å²) in [7, 11) is 0. The third-order valence-corrected chi connectivity index (χ3v) is 5.24. The van der Waals surface area contributed by atoms with E-state index < -0.39 is 12.4 Å². The van der Waals surface area contributed by atoms with Gasteiger partial charge in [0.25, 0.3) is 0 Å². The van der Waals surface area contributed by atoms with Crippen molar-refractivity contribution in [1.29, 1.82) is 0 Å². The molecule has 0 saturated carbocycles. The molecule has 0 aromatic carbocycles. The van der Waals surface area contributed by atoms with Crippen LogP contribution < -0.4 is 10.6 Å². The van der Waals surface area contributed by atoms with Gasteiger partial charge in [0.1, 0.15) is 11.9 Å². The summed E-state index contributed by atoms with van der Waals surface area (Å²) in [5.41, 5.74) is 2.82. The van der Waals surface area contributed by atoms with Gasteiger partial charge >= 0.3 is 0 Å². The molecule has 3 N–H and O–H groups in total. The van der Waals surface area contributed by atoms with Crippen LogP contribution in [0.1, 0.15) is 35.3 Å². The van der Waals surface area contributed by atoms with Gasteiger partial charge in [0.05, 0.1) is 25.4 Å². The molecule has 0 fully saturated rings. The Hall–Kier alpha value is -4.10. The van der Waals surface area contributed by atoms with Crippen LogP contribution in [0.4, 0.5) is 10.2 Å². The van der Waals surface area contributed by atoms with Gasteiger partial charge in [-0.2, -0.15) is 0 Å². The number of carbonyl (C=O) groups excluding carboxylic acids is 1. The number of nitrogens with zero attached hydrogens (tertiary/aromatic N) is 8. The van der Waals surface area contributed by atoms with Gasteiger partial charge in [-0.3, -0.25) is 24.8 Å². The minimum atomic E-state index is -1.23.